The summed E-state index contributed by atoms with van der Waals surface area (Å²) in [6, 6.07) is 4.71. The number of aromatic nitrogens is 2. The van der Waals surface area contributed by atoms with Gasteiger partial charge in [-0.3, -0.25) is 0 Å². The van der Waals surface area contributed by atoms with Gasteiger partial charge in [0.15, 0.2) is 0 Å². The van der Waals surface area contributed by atoms with Crippen molar-refractivity contribution in [1.82, 2.24) is 10.2 Å². The number of benzene rings is 1. The van der Waals surface area contributed by atoms with Gasteiger partial charge in [0.1, 0.15) is 5.01 Å². The fourth-order valence-electron chi connectivity index (χ4n) is 1.15. The highest BCUT2D eigenvalue weighted by atomic mass is 32.1. The van der Waals surface area contributed by atoms with Gasteiger partial charge < -0.3 is 5.73 Å². The van der Waals surface area contributed by atoms with Crippen LogP contribution in [0, 0.1) is 0 Å². The van der Waals surface area contributed by atoms with Crippen molar-refractivity contribution in [3.8, 4) is 10.6 Å². The number of anilines is 1. The Labute approximate surface area is 92.7 Å². The van der Waals surface area contributed by atoms with E-state index in [0.717, 1.165) is 23.5 Å². The Bertz CT molecular complexity index is 489. The summed E-state index contributed by atoms with van der Waals surface area (Å²) in [4.78, 5) is 0. The molecule has 7 heteroatoms. The molecular formula is C9H6F3N3S. The van der Waals surface area contributed by atoms with Gasteiger partial charge in [0.05, 0.1) is 5.56 Å². The maximum Gasteiger partial charge on any atom is 0.416 e. The zero-order chi connectivity index (χ0) is 11.8. The lowest BCUT2D eigenvalue weighted by Crippen LogP contribution is -2.03. The van der Waals surface area contributed by atoms with Crippen LogP contribution in [0.3, 0.4) is 0 Å². The summed E-state index contributed by atoms with van der Waals surface area (Å²) in [7, 11) is 0. The molecule has 0 atom stereocenters. The highest BCUT2D eigenvalue weighted by Crippen LogP contribution is 2.31. The van der Waals surface area contributed by atoms with Crippen molar-refractivity contribution in [3.05, 3.63) is 29.8 Å². The Morgan fingerprint density at radius 1 is 1.06 bits per heavy atom. The normalized spacial score (nSPS) is 11.7. The minimum absolute atomic E-state index is 0.287. The van der Waals surface area contributed by atoms with Gasteiger partial charge in [0.2, 0.25) is 5.13 Å². The number of alkyl halides is 3. The van der Waals surface area contributed by atoms with Gasteiger partial charge >= 0.3 is 6.18 Å². The van der Waals surface area contributed by atoms with Crippen molar-refractivity contribution in [2.75, 3.05) is 5.73 Å². The van der Waals surface area contributed by atoms with Crippen molar-refractivity contribution in [2.45, 2.75) is 6.18 Å². The molecule has 0 aliphatic carbocycles. The predicted molar refractivity (Wildman–Crippen MR) is 54.8 cm³/mol. The molecule has 0 bridgehead atoms. The molecule has 0 saturated carbocycles. The summed E-state index contributed by atoms with van der Waals surface area (Å²) >= 11 is 1.13. The number of nitrogen functional groups attached to an aromatic ring is 1. The maximum atomic E-state index is 12.3. The van der Waals surface area contributed by atoms with E-state index in [2.05, 4.69) is 10.2 Å². The van der Waals surface area contributed by atoms with Crippen LogP contribution in [0.15, 0.2) is 24.3 Å². The minimum atomic E-state index is -4.32. The lowest BCUT2D eigenvalue weighted by atomic mass is 10.1. The Morgan fingerprint density at radius 3 is 2.12 bits per heavy atom. The minimum Gasteiger partial charge on any atom is -0.374 e. The maximum absolute atomic E-state index is 12.3. The van der Waals surface area contributed by atoms with Gasteiger partial charge in [0, 0.05) is 5.56 Å². The predicted octanol–water partition coefficient (Wildman–Crippen LogP) is 2.81. The molecule has 0 unspecified atom stereocenters. The number of rotatable bonds is 1. The molecule has 0 amide bonds. The van der Waals surface area contributed by atoms with Crippen LogP contribution in [0.4, 0.5) is 18.3 Å². The first-order valence-electron chi connectivity index (χ1n) is 4.23. The molecule has 3 nitrogen and oxygen atoms in total. The van der Waals surface area contributed by atoms with Crippen molar-refractivity contribution >= 4 is 16.5 Å². The lowest BCUT2D eigenvalue weighted by molar-refractivity contribution is -0.137. The number of hydrogen-bond donors (Lipinski definition) is 1. The molecule has 0 aliphatic heterocycles. The zero-order valence-corrected chi connectivity index (χ0v) is 8.64. The molecule has 0 spiro atoms. The molecule has 2 rings (SSSR count). The van der Waals surface area contributed by atoms with E-state index in [-0.39, 0.29) is 5.13 Å². The summed E-state index contributed by atoms with van der Waals surface area (Å²) in [6.07, 6.45) is -4.32. The highest BCUT2D eigenvalue weighted by Gasteiger charge is 2.30. The van der Waals surface area contributed by atoms with E-state index < -0.39 is 11.7 Å². The van der Waals surface area contributed by atoms with E-state index in [1.54, 1.807) is 0 Å². The van der Waals surface area contributed by atoms with Gasteiger partial charge in [0.25, 0.3) is 0 Å². The highest BCUT2D eigenvalue weighted by molar-refractivity contribution is 7.18. The van der Waals surface area contributed by atoms with Crippen molar-refractivity contribution < 1.29 is 13.2 Å². The quantitative estimate of drug-likeness (QED) is 0.840. The Hall–Kier alpha value is -1.63. The molecule has 0 aliphatic rings. The first-order valence-corrected chi connectivity index (χ1v) is 5.05. The number of hydrogen-bond acceptors (Lipinski definition) is 4. The molecule has 1 aromatic carbocycles. The Morgan fingerprint density at radius 2 is 1.69 bits per heavy atom. The van der Waals surface area contributed by atoms with Crippen LogP contribution < -0.4 is 5.73 Å². The van der Waals surface area contributed by atoms with Gasteiger partial charge in [-0.1, -0.05) is 23.5 Å². The van der Waals surface area contributed by atoms with Crippen LogP contribution in [0.2, 0.25) is 0 Å². The van der Waals surface area contributed by atoms with Crippen molar-refractivity contribution in [3.63, 3.8) is 0 Å². The SMILES string of the molecule is Nc1nnc(-c2ccc(C(F)(F)F)cc2)s1. The fourth-order valence-corrected chi connectivity index (χ4v) is 1.77. The number of nitrogens with two attached hydrogens (primary N) is 1. The van der Waals surface area contributed by atoms with E-state index in [0.29, 0.717) is 10.6 Å². The molecule has 84 valence electrons. The molecule has 2 N–H and O–H groups in total. The fraction of sp³-hybridized carbons (Fsp3) is 0.111. The van der Waals surface area contributed by atoms with Gasteiger partial charge in [-0.25, -0.2) is 0 Å². The summed E-state index contributed by atoms with van der Waals surface area (Å²) < 4.78 is 36.8. The summed E-state index contributed by atoms with van der Waals surface area (Å²) in [6.45, 7) is 0. The Balaban J connectivity index is 2.33. The Kier molecular flexibility index (Phi) is 2.55. The largest absolute Gasteiger partial charge is 0.416 e. The van der Waals surface area contributed by atoms with Crippen molar-refractivity contribution in [1.29, 1.82) is 0 Å². The van der Waals surface area contributed by atoms with Crippen LogP contribution in [-0.2, 0) is 6.18 Å². The third kappa shape index (κ3) is 2.13. The van der Waals surface area contributed by atoms with Crippen LogP contribution in [0.25, 0.3) is 10.6 Å². The second kappa shape index (κ2) is 3.75. The van der Waals surface area contributed by atoms with Gasteiger partial charge in [-0.15, -0.1) is 10.2 Å². The first-order chi connectivity index (χ1) is 7.47. The molecule has 1 heterocycles. The lowest BCUT2D eigenvalue weighted by Gasteiger charge is -2.05. The standard InChI is InChI=1S/C9H6F3N3S/c10-9(11,12)6-3-1-5(2-4-6)7-14-15-8(13)16-7/h1-4H,(H2,13,15). The van der Waals surface area contributed by atoms with Crippen LogP contribution in [-0.4, -0.2) is 10.2 Å². The molecular weight excluding hydrogens is 239 g/mol. The van der Waals surface area contributed by atoms with Crippen molar-refractivity contribution in [2.24, 2.45) is 0 Å². The van der Waals surface area contributed by atoms with Gasteiger partial charge in [-0.05, 0) is 12.1 Å². The number of nitrogens with zero attached hydrogens (tertiary/aromatic N) is 2. The summed E-state index contributed by atoms with van der Waals surface area (Å²) in [5, 5.41) is 8.12. The summed E-state index contributed by atoms with van der Waals surface area (Å²) in [5.74, 6) is 0. The topological polar surface area (TPSA) is 51.8 Å². The molecule has 16 heavy (non-hydrogen) atoms. The van der Waals surface area contributed by atoms with E-state index in [1.165, 1.54) is 12.1 Å². The monoisotopic (exact) mass is 245 g/mol. The van der Waals surface area contributed by atoms with E-state index >= 15 is 0 Å². The smallest absolute Gasteiger partial charge is 0.374 e. The van der Waals surface area contributed by atoms with Crippen LogP contribution in [0.5, 0.6) is 0 Å². The van der Waals surface area contributed by atoms with E-state index in [4.69, 9.17) is 5.73 Å². The third-order valence-corrected chi connectivity index (χ3v) is 2.70. The van der Waals surface area contributed by atoms with Gasteiger partial charge in [-0.2, -0.15) is 13.2 Å². The molecule has 0 fully saturated rings. The molecule has 2 aromatic rings. The van der Waals surface area contributed by atoms with Crippen LogP contribution >= 0.6 is 11.3 Å². The van der Waals surface area contributed by atoms with E-state index in [1.807, 2.05) is 0 Å². The molecule has 0 saturated heterocycles. The number of halogens is 3. The average molecular weight is 245 g/mol. The average Bonchev–Trinajstić information content (AvgIpc) is 2.64. The second-order valence-corrected chi connectivity index (χ2v) is 4.03. The summed E-state index contributed by atoms with van der Waals surface area (Å²) in [5.41, 5.74) is 5.27. The third-order valence-electron chi connectivity index (χ3n) is 1.90. The molecule has 0 radical (unpaired) electrons. The van der Waals surface area contributed by atoms with Crippen LogP contribution in [0.1, 0.15) is 5.56 Å². The van der Waals surface area contributed by atoms with E-state index in [9.17, 15) is 13.2 Å². The zero-order valence-electron chi connectivity index (χ0n) is 7.82. The second-order valence-electron chi connectivity index (χ2n) is 3.02. The molecule has 1 aromatic heterocycles. The first kappa shape index (κ1) is 10.9.